The molecule has 3 aromatic rings. The minimum Gasteiger partial charge on any atom is -0.478 e. The molecule has 0 heterocycles. The number of carboxylic acid groups (broad SMARTS) is 1. The van der Waals surface area contributed by atoms with Gasteiger partial charge in [-0.3, -0.25) is 9.59 Å². The van der Waals surface area contributed by atoms with E-state index >= 15 is 0 Å². The van der Waals surface area contributed by atoms with Crippen LogP contribution in [0.15, 0.2) is 66.7 Å². The molecule has 0 aliphatic rings. The molecule has 3 rings (SSSR count). The molecule has 0 saturated heterocycles. The quantitative estimate of drug-likeness (QED) is 0.515. The fourth-order valence-electron chi connectivity index (χ4n) is 3.07. The Morgan fingerprint density at radius 1 is 0.759 bits per heavy atom. The molecule has 2 amide bonds. The number of carboxylic acids is 1. The summed E-state index contributed by atoms with van der Waals surface area (Å²) in [7, 11) is 0. The van der Waals surface area contributed by atoms with Gasteiger partial charge < -0.3 is 15.7 Å². The van der Waals surface area contributed by atoms with E-state index in [1.807, 2.05) is 48.5 Å². The van der Waals surface area contributed by atoms with Crippen molar-refractivity contribution in [1.29, 1.82) is 0 Å². The summed E-state index contributed by atoms with van der Waals surface area (Å²) in [6.45, 7) is 0.483. The number of benzene rings is 3. The SMILES string of the molecule is O=C(CCc1ccccc1)NCCNC(=O)c1cc2ccccc2cc1C(=O)O. The number of rotatable bonds is 8. The minimum atomic E-state index is -1.16. The first-order valence-corrected chi connectivity index (χ1v) is 9.39. The summed E-state index contributed by atoms with van der Waals surface area (Å²) in [5.74, 6) is -1.73. The van der Waals surface area contributed by atoms with Gasteiger partial charge in [0, 0.05) is 19.5 Å². The Morgan fingerprint density at radius 2 is 1.34 bits per heavy atom. The van der Waals surface area contributed by atoms with Crippen LogP contribution in [0.25, 0.3) is 10.8 Å². The lowest BCUT2D eigenvalue weighted by Crippen LogP contribution is -2.35. The average molecular weight is 390 g/mol. The summed E-state index contributed by atoms with van der Waals surface area (Å²) in [6, 6.07) is 20.1. The molecule has 0 aliphatic heterocycles. The predicted octanol–water partition coefficient (Wildman–Crippen LogP) is 3.02. The lowest BCUT2D eigenvalue weighted by atomic mass is 10.0. The summed E-state index contributed by atoms with van der Waals surface area (Å²) in [4.78, 5) is 35.9. The summed E-state index contributed by atoms with van der Waals surface area (Å²) in [6.07, 6.45) is 1.02. The van der Waals surface area contributed by atoms with E-state index in [2.05, 4.69) is 10.6 Å². The maximum Gasteiger partial charge on any atom is 0.336 e. The van der Waals surface area contributed by atoms with Crippen LogP contribution in [-0.4, -0.2) is 36.0 Å². The van der Waals surface area contributed by atoms with Crippen molar-refractivity contribution in [2.45, 2.75) is 12.8 Å². The van der Waals surface area contributed by atoms with Gasteiger partial charge in [-0.15, -0.1) is 0 Å². The molecule has 0 atom stereocenters. The highest BCUT2D eigenvalue weighted by Crippen LogP contribution is 2.20. The van der Waals surface area contributed by atoms with Crippen LogP contribution < -0.4 is 10.6 Å². The molecular formula is C23H22N2O4. The number of aromatic carboxylic acids is 1. The minimum absolute atomic E-state index is 0.0481. The van der Waals surface area contributed by atoms with Crippen molar-refractivity contribution < 1.29 is 19.5 Å². The standard InChI is InChI=1S/C23H22N2O4/c26-21(11-10-16-6-2-1-3-7-16)24-12-13-25-22(27)19-14-17-8-4-5-9-18(17)15-20(19)23(28)29/h1-9,14-15H,10-13H2,(H,24,26)(H,25,27)(H,28,29). The van der Waals surface area contributed by atoms with Crippen LogP contribution in [0.4, 0.5) is 0 Å². The van der Waals surface area contributed by atoms with Crippen molar-refractivity contribution >= 4 is 28.6 Å². The highest BCUT2D eigenvalue weighted by Gasteiger charge is 2.17. The van der Waals surface area contributed by atoms with E-state index in [-0.39, 0.29) is 30.1 Å². The van der Waals surface area contributed by atoms with Crippen molar-refractivity contribution in [3.8, 4) is 0 Å². The third-order valence-electron chi connectivity index (χ3n) is 4.58. The Labute approximate surface area is 168 Å². The molecule has 3 aromatic carbocycles. The predicted molar refractivity (Wildman–Crippen MR) is 111 cm³/mol. The van der Waals surface area contributed by atoms with Crippen LogP contribution >= 0.6 is 0 Å². The Morgan fingerprint density at radius 3 is 2.00 bits per heavy atom. The smallest absolute Gasteiger partial charge is 0.336 e. The van der Waals surface area contributed by atoms with E-state index in [4.69, 9.17) is 0 Å². The first-order valence-electron chi connectivity index (χ1n) is 9.39. The molecule has 6 nitrogen and oxygen atoms in total. The van der Waals surface area contributed by atoms with Gasteiger partial charge in [-0.1, -0.05) is 54.6 Å². The molecule has 29 heavy (non-hydrogen) atoms. The maximum absolute atomic E-state index is 12.5. The molecule has 148 valence electrons. The molecule has 0 radical (unpaired) electrons. The van der Waals surface area contributed by atoms with Crippen molar-refractivity contribution in [2.24, 2.45) is 0 Å². The van der Waals surface area contributed by atoms with Gasteiger partial charge in [-0.25, -0.2) is 4.79 Å². The van der Waals surface area contributed by atoms with E-state index < -0.39 is 11.9 Å². The molecular weight excluding hydrogens is 368 g/mol. The van der Waals surface area contributed by atoms with Crippen molar-refractivity contribution in [3.63, 3.8) is 0 Å². The number of carbonyl (C=O) groups excluding carboxylic acids is 2. The van der Waals surface area contributed by atoms with E-state index in [1.54, 1.807) is 12.1 Å². The van der Waals surface area contributed by atoms with Gasteiger partial charge in [-0.05, 0) is 34.9 Å². The van der Waals surface area contributed by atoms with Crippen molar-refractivity contribution in [3.05, 3.63) is 83.4 Å². The number of aryl methyl sites for hydroxylation is 1. The third kappa shape index (κ3) is 5.42. The van der Waals surface area contributed by atoms with Crippen LogP contribution in [-0.2, 0) is 11.2 Å². The van der Waals surface area contributed by atoms with Crippen molar-refractivity contribution in [1.82, 2.24) is 10.6 Å². The van der Waals surface area contributed by atoms with E-state index in [0.29, 0.717) is 12.8 Å². The van der Waals surface area contributed by atoms with Crippen LogP contribution in [0.1, 0.15) is 32.7 Å². The highest BCUT2D eigenvalue weighted by molar-refractivity contribution is 6.08. The van der Waals surface area contributed by atoms with Crippen LogP contribution in [0, 0.1) is 0 Å². The lowest BCUT2D eigenvalue weighted by molar-refractivity contribution is -0.121. The number of amides is 2. The zero-order chi connectivity index (χ0) is 20.6. The van der Waals surface area contributed by atoms with Gasteiger partial charge in [0.2, 0.25) is 5.91 Å². The third-order valence-corrected chi connectivity index (χ3v) is 4.58. The first kappa shape index (κ1) is 20.1. The zero-order valence-electron chi connectivity index (χ0n) is 15.9. The van der Waals surface area contributed by atoms with Gasteiger partial charge in [0.05, 0.1) is 11.1 Å². The topological polar surface area (TPSA) is 95.5 Å². The number of carbonyl (C=O) groups is 3. The van der Waals surface area contributed by atoms with Gasteiger partial charge in [0.15, 0.2) is 0 Å². The fourth-order valence-corrected chi connectivity index (χ4v) is 3.07. The summed E-state index contributed by atoms with van der Waals surface area (Å²) < 4.78 is 0. The van der Waals surface area contributed by atoms with E-state index in [9.17, 15) is 19.5 Å². The Kier molecular flexibility index (Phi) is 6.58. The second kappa shape index (κ2) is 9.50. The molecule has 0 bridgehead atoms. The molecule has 0 spiro atoms. The summed E-state index contributed by atoms with van der Waals surface area (Å²) in [5, 5.41) is 16.4. The average Bonchev–Trinajstić information content (AvgIpc) is 2.74. The van der Waals surface area contributed by atoms with E-state index in [0.717, 1.165) is 16.3 Å². The van der Waals surface area contributed by atoms with Crippen LogP contribution in [0.3, 0.4) is 0 Å². The monoisotopic (exact) mass is 390 g/mol. The molecule has 0 saturated carbocycles. The van der Waals surface area contributed by atoms with Crippen molar-refractivity contribution in [2.75, 3.05) is 13.1 Å². The number of hydrogen-bond donors (Lipinski definition) is 3. The number of hydrogen-bond acceptors (Lipinski definition) is 3. The second-order valence-electron chi connectivity index (χ2n) is 6.64. The van der Waals surface area contributed by atoms with Gasteiger partial charge in [-0.2, -0.15) is 0 Å². The normalized spacial score (nSPS) is 10.5. The highest BCUT2D eigenvalue weighted by atomic mass is 16.4. The molecule has 6 heteroatoms. The second-order valence-corrected chi connectivity index (χ2v) is 6.64. The van der Waals surface area contributed by atoms with Gasteiger partial charge in [0.1, 0.15) is 0 Å². The molecule has 0 unspecified atom stereocenters. The Balaban J connectivity index is 1.52. The largest absolute Gasteiger partial charge is 0.478 e. The zero-order valence-corrected chi connectivity index (χ0v) is 15.9. The van der Waals surface area contributed by atoms with E-state index in [1.165, 1.54) is 6.07 Å². The summed E-state index contributed by atoms with van der Waals surface area (Å²) in [5.41, 5.74) is 1.15. The maximum atomic E-state index is 12.5. The summed E-state index contributed by atoms with van der Waals surface area (Å²) >= 11 is 0. The fraction of sp³-hybridized carbons (Fsp3) is 0.174. The number of nitrogens with one attached hydrogen (secondary N) is 2. The Hall–Kier alpha value is -3.67. The van der Waals surface area contributed by atoms with Crippen LogP contribution in [0.2, 0.25) is 0 Å². The first-order chi connectivity index (χ1) is 14.0. The lowest BCUT2D eigenvalue weighted by Gasteiger charge is -2.10. The van der Waals surface area contributed by atoms with Gasteiger partial charge >= 0.3 is 5.97 Å². The molecule has 0 aliphatic carbocycles. The van der Waals surface area contributed by atoms with Crippen LogP contribution in [0.5, 0.6) is 0 Å². The van der Waals surface area contributed by atoms with Gasteiger partial charge in [0.25, 0.3) is 5.91 Å². The number of fused-ring (bicyclic) bond motifs is 1. The molecule has 0 aromatic heterocycles. The Bertz CT molecular complexity index is 1030. The molecule has 3 N–H and O–H groups in total. The molecule has 0 fully saturated rings.